The molecule has 0 aromatic carbocycles. The Morgan fingerprint density at radius 3 is 1.64 bits per heavy atom. The zero-order chi connectivity index (χ0) is 9.28. The minimum atomic E-state index is 0.801. The lowest BCUT2D eigenvalue weighted by Crippen LogP contribution is -2.26. The SMILES string of the molecule is CC.CCCC(CC)N(C)C. The summed E-state index contributed by atoms with van der Waals surface area (Å²) in [5.74, 6) is 0. The zero-order valence-electron chi connectivity index (χ0n) is 9.15. The van der Waals surface area contributed by atoms with Gasteiger partial charge < -0.3 is 4.90 Å². The maximum absolute atomic E-state index is 2.31. The van der Waals surface area contributed by atoms with E-state index in [9.17, 15) is 0 Å². The maximum atomic E-state index is 2.31. The minimum Gasteiger partial charge on any atom is -0.306 e. The van der Waals surface area contributed by atoms with Crippen LogP contribution in [0, 0.1) is 0 Å². The molecule has 0 aliphatic heterocycles. The molecule has 0 rings (SSSR count). The van der Waals surface area contributed by atoms with Gasteiger partial charge in [-0.15, -0.1) is 0 Å². The van der Waals surface area contributed by atoms with Gasteiger partial charge in [-0.1, -0.05) is 34.1 Å². The van der Waals surface area contributed by atoms with E-state index in [0.29, 0.717) is 0 Å². The summed E-state index contributed by atoms with van der Waals surface area (Å²) in [6, 6.07) is 0.801. The molecule has 0 fully saturated rings. The van der Waals surface area contributed by atoms with Crippen LogP contribution >= 0.6 is 0 Å². The molecule has 0 heterocycles. The van der Waals surface area contributed by atoms with Crippen molar-refractivity contribution in [1.29, 1.82) is 0 Å². The fraction of sp³-hybridized carbons (Fsp3) is 1.00. The summed E-state index contributed by atoms with van der Waals surface area (Å²) in [4.78, 5) is 2.31. The topological polar surface area (TPSA) is 3.24 Å². The normalized spacial score (nSPS) is 12.3. The van der Waals surface area contributed by atoms with Crippen molar-refractivity contribution in [1.82, 2.24) is 4.90 Å². The highest BCUT2D eigenvalue weighted by molar-refractivity contribution is 4.61. The monoisotopic (exact) mass is 159 g/mol. The van der Waals surface area contributed by atoms with E-state index in [1.165, 1.54) is 19.3 Å². The predicted octanol–water partition coefficient (Wildman–Crippen LogP) is 3.15. The molecule has 1 atom stereocenters. The molecule has 0 saturated carbocycles. The van der Waals surface area contributed by atoms with Gasteiger partial charge >= 0.3 is 0 Å². The Morgan fingerprint density at radius 2 is 1.55 bits per heavy atom. The van der Waals surface area contributed by atoms with Crippen LogP contribution in [0.1, 0.15) is 47.0 Å². The van der Waals surface area contributed by atoms with Gasteiger partial charge in [0.1, 0.15) is 0 Å². The molecule has 0 N–H and O–H groups in total. The minimum absolute atomic E-state index is 0.801. The van der Waals surface area contributed by atoms with Crippen LogP contribution in [0.5, 0.6) is 0 Å². The summed E-state index contributed by atoms with van der Waals surface area (Å²) < 4.78 is 0. The molecule has 0 saturated heterocycles. The van der Waals surface area contributed by atoms with E-state index in [2.05, 4.69) is 32.8 Å². The van der Waals surface area contributed by atoms with E-state index in [1.807, 2.05) is 13.8 Å². The summed E-state index contributed by atoms with van der Waals surface area (Å²) in [5, 5.41) is 0. The van der Waals surface area contributed by atoms with Crippen LogP contribution in [-0.2, 0) is 0 Å². The van der Waals surface area contributed by atoms with Crippen molar-refractivity contribution in [2.24, 2.45) is 0 Å². The molecule has 0 aliphatic carbocycles. The van der Waals surface area contributed by atoms with E-state index in [1.54, 1.807) is 0 Å². The van der Waals surface area contributed by atoms with Gasteiger partial charge in [-0.2, -0.15) is 0 Å². The van der Waals surface area contributed by atoms with E-state index < -0.39 is 0 Å². The molecule has 1 heteroatoms. The summed E-state index contributed by atoms with van der Waals surface area (Å²) in [7, 11) is 4.31. The van der Waals surface area contributed by atoms with Gasteiger partial charge in [-0.05, 0) is 26.9 Å². The van der Waals surface area contributed by atoms with E-state index in [4.69, 9.17) is 0 Å². The van der Waals surface area contributed by atoms with Crippen LogP contribution in [0.3, 0.4) is 0 Å². The number of nitrogens with zero attached hydrogens (tertiary/aromatic N) is 1. The first kappa shape index (κ1) is 13.5. The van der Waals surface area contributed by atoms with Crippen LogP contribution in [0.25, 0.3) is 0 Å². The summed E-state index contributed by atoms with van der Waals surface area (Å²) in [6.07, 6.45) is 3.92. The quantitative estimate of drug-likeness (QED) is 0.609. The highest BCUT2D eigenvalue weighted by atomic mass is 15.1. The molecular formula is C10H25N. The third-order valence-corrected chi connectivity index (χ3v) is 1.82. The Bertz CT molecular complexity index is 59.9. The molecule has 11 heavy (non-hydrogen) atoms. The summed E-state index contributed by atoms with van der Waals surface area (Å²) >= 11 is 0. The van der Waals surface area contributed by atoms with Crippen molar-refractivity contribution < 1.29 is 0 Å². The van der Waals surface area contributed by atoms with Gasteiger partial charge in [0.15, 0.2) is 0 Å². The van der Waals surface area contributed by atoms with Crippen molar-refractivity contribution in [3.8, 4) is 0 Å². The molecule has 0 bridgehead atoms. The van der Waals surface area contributed by atoms with Gasteiger partial charge in [0.2, 0.25) is 0 Å². The molecular weight excluding hydrogens is 134 g/mol. The van der Waals surface area contributed by atoms with Crippen LogP contribution in [-0.4, -0.2) is 25.0 Å². The largest absolute Gasteiger partial charge is 0.306 e. The fourth-order valence-electron chi connectivity index (χ4n) is 1.16. The first-order valence-corrected chi connectivity index (χ1v) is 4.88. The zero-order valence-corrected chi connectivity index (χ0v) is 9.15. The predicted molar refractivity (Wildman–Crippen MR) is 54.0 cm³/mol. The second-order valence-corrected chi connectivity index (χ2v) is 2.81. The molecule has 0 aromatic heterocycles. The van der Waals surface area contributed by atoms with Crippen LogP contribution < -0.4 is 0 Å². The molecule has 0 aromatic rings. The Hall–Kier alpha value is -0.0400. The Balaban J connectivity index is 0. The molecule has 1 unspecified atom stereocenters. The van der Waals surface area contributed by atoms with Crippen molar-refractivity contribution >= 4 is 0 Å². The van der Waals surface area contributed by atoms with Crippen LogP contribution in [0.15, 0.2) is 0 Å². The van der Waals surface area contributed by atoms with Gasteiger partial charge in [-0.3, -0.25) is 0 Å². The number of hydrogen-bond donors (Lipinski definition) is 0. The second kappa shape index (κ2) is 9.96. The molecule has 70 valence electrons. The first-order valence-electron chi connectivity index (χ1n) is 4.88. The van der Waals surface area contributed by atoms with E-state index >= 15 is 0 Å². The van der Waals surface area contributed by atoms with Crippen LogP contribution in [0.2, 0.25) is 0 Å². The average molecular weight is 159 g/mol. The van der Waals surface area contributed by atoms with Crippen molar-refractivity contribution in [2.45, 2.75) is 53.0 Å². The highest BCUT2D eigenvalue weighted by Gasteiger charge is 2.05. The van der Waals surface area contributed by atoms with Crippen LogP contribution in [0.4, 0.5) is 0 Å². The van der Waals surface area contributed by atoms with Gasteiger partial charge in [0.05, 0.1) is 0 Å². The Labute approximate surface area is 72.8 Å². The smallest absolute Gasteiger partial charge is 0.00864 e. The third-order valence-electron chi connectivity index (χ3n) is 1.82. The van der Waals surface area contributed by atoms with Crippen molar-refractivity contribution in [2.75, 3.05) is 14.1 Å². The Kier molecular flexibility index (Phi) is 12.3. The highest BCUT2D eigenvalue weighted by Crippen LogP contribution is 2.05. The van der Waals surface area contributed by atoms with Gasteiger partial charge in [-0.25, -0.2) is 0 Å². The van der Waals surface area contributed by atoms with E-state index in [0.717, 1.165) is 6.04 Å². The lowest BCUT2D eigenvalue weighted by molar-refractivity contribution is 0.269. The number of hydrogen-bond acceptors (Lipinski definition) is 1. The number of rotatable bonds is 4. The summed E-state index contributed by atoms with van der Waals surface area (Å²) in [6.45, 7) is 8.49. The van der Waals surface area contributed by atoms with Gasteiger partial charge in [0, 0.05) is 6.04 Å². The van der Waals surface area contributed by atoms with Crippen molar-refractivity contribution in [3.05, 3.63) is 0 Å². The van der Waals surface area contributed by atoms with E-state index in [-0.39, 0.29) is 0 Å². The molecule has 0 aliphatic rings. The second-order valence-electron chi connectivity index (χ2n) is 2.81. The lowest BCUT2D eigenvalue weighted by Gasteiger charge is -2.21. The molecule has 0 spiro atoms. The fourth-order valence-corrected chi connectivity index (χ4v) is 1.16. The molecule has 0 amide bonds. The average Bonchev–Trinajstić information content (AvgIpc) is 2.03. The summed E-state index contributed by atoms with van der Waals surface area (Å²) in [5.41, 5.74) is 0. The van der Waals surface area contributed by atoms with Crippen molar-refractivity contribution in [3.63, 3.8) is 0 Å². The standard InChI is InChI=1S/C8H19N.C2H6/c1-5-7-8(6-2)9(3)4;1-2/h8H,5-7H2,1-4H3;1-2H3. The first-order chi connectivity index (χ1) is 5.22. The third kappa shape index (κ3) is 7.86. The molecule has 1 nitrogen and oxygen atoms in total. The lowest BCUT2D eigenvalue weighted by atomic mass is 10.1. The molecule has 0 radical (unpaired) electrons. The Morgan fingerprint density at radius 1 is 1.09 bits per heavy atom. The van der Waals surface area contributed by atoms with Gasteiger partial charge in [0.25, 0.3) is 0 Å². The maximum Gasteiger partial charge on any atom is 0.00864 e.